The maximum atomic E-state index is 13.2. The monoisotopic (exact) mass is 470 g/mol. The average Bonchev–Trinajstić information content (AvgIpc) is 3.54. The van der Waals surface area contributed by atoms with Crippen LogP contribution in [0.2, 0.25) is 0 Å². The lowest BCUT2D eigenvalue weighted by Gasteiger charge is -2.47. The fourth-order valence-corrected chi connectivity index (χ4v) is 6.41. The standard InChI is InChI=1S/C29H34N4O2/c1-19-17-32(18-20(2)33(19)29(35)23-7-3-4-8-23)27-13-11-22-10-12-25(15-26(22)27)31-28(34)24-9-5-6-21(14-24)16-30/h5-6,9-10,12,14-15,19-20,23,27H,3-4,7-8,11,13,17-18H2,1-2H3,(H,31,34)/t19-,20+,27?. The summed E-state index contributed by atoms with van der Waals surface area (Å²) < 4.78 is 0. The first-order valence-electron chi connectivity index (χ1n) is 12.9. The summed E-state index contributed by atoms with van der Waals surface area (Å²) in [5.41, 5.74) is 4.35. The number of aryl methyl sites for hydroxylation is 1. The third kappa shape index (κ3) is 4.70. The fourth-order valence-electron chi connectivity index (χ4n) is 6.41. The zero-order valence-electron chi connectivity index (χ0n) is 20.7. The normalized spacial score (nSPS) is 24.7. The van der Waals surface area contributed by atoms with E-state index in [0.29, 0.717) is 23.1 Å². The van der Waals surface area contributed by atoms with Gasteiger partial charge in [-0.05, 0) is 81.0 Å². The highest BCUT2D eigenvalue weighted by molar-refractivity contribution is 6.04. The Morgan fingerprint density at radius 1 is 1.00 bits per heavy atom. The summed E-state index contributed by atoms with van der Waals surface area (Å²) >= 11 is 0. The van der Waals surface area contributed by atoms with Crippen LogP contribution in [0.5, 0.6) is 0 Å². The number of nitriles is 1. The Balaban J connectivity index is 1.30. The minimum atomic E-state index is -0.210. The molecule has 2 aliphatic carbocycles. The van der Waals surface area contributed by atoms with Crippen LogP contribution in [0.25, 0.3) is 0 Å². The number of nitrogens with one attached hydrogen (secondary N) is 1. The van der Waals surface area contributed by atoms with Crippen LogP contribution in [0.1, 0.15) is 79.0 Å². The average molecular weight is 471 g/mol. The van der Waals surface area contributed by atoms with E-state index < -0.39 is 0 Å². The van der Waals surface area contributed by atoms with Gasteiger partial charge in [-0.2, -0.15) is 5.26 Å². The predicted molar refractivity (Wildman–Crippen MR) is 136 cm³/mol. The predicted octanol–water partition coefficient (Wildman–Crippen LogP) is 4.91. The van der Waals surface area contributed by atoms with Gasteiger partial charge in [0.2, 0.25) is 5.91 Å². The number of fused-ring (bicyclic) bond motifs is 1. The molecule has 5 rings (SSSR count). The molecule has 2 aromatic rings. The van der Waals surface area contributed by atoms with Crippen molar-refractivity contribution in [2.75, 3.05) is 18.4 Å². The van der Waals surface area contributed by atoms with Crippen molar-refractivity contribution in [3.63, 3.8) is 0 Å². The van der Waals surface area contributed by atoms with E-state index in [-0.39, 0.29) is 23.9 Å². The van der Waals surface area contributed by atoms with Crippen LogP contribution in [0.3, 0.4) is 0 Å². The van der Waals surface area contributed by atoms with Gasteiger partial charge < -0.3 is 10.2 Å². The van der Waals surface area contributed by atoms with Crippen molar-refractivity contribution in [2.45, 2.75) is 70.5 Å². The van der Waals surface area contributed by atoms with Crippen LogP contribution in [0.15, 0.2) is 42.5 Å². The zero-order valence-corrected chi connectivity index (χ0v) is 20.7. The molecule has 1 saturated heterocycles. The van der Waals surface area contributed by atoms with E-state index in [1.165, 1.54) is 24.0 Å². The SMILES string of the molecule is C[C@@H]1CN(C2CCc3ccc(NC(=O)c4cccc(C#N)c4)cc32)C[C@H](C)N1C(=O)C1CCCC1. The van der Waals surface area contributed by atoms with Gasteiger partial charge in [0, 0.05) is 48.4 Å². The molecule has 2 fully saturated rings. The Hall–Kier alpha value is -3.17. The highest BCUT2D eigenvalue weighted by Gasteiger charge is 2.40. The summed E-state index contributed by atoms with van der Waals surface area (Å²) in [6, 6.07) is 15.8. The summed E-state index contributed by atoms with van der Waals surface area (Å²) in [6.45, 7) is 6.14. The van der Waals surface area contributed by atoms with Gasteiger partial charge in [0.1, 0.15) is 0 Å². The van der Waals surface area contributed by atoms with Gasteiger partial charge in [-0.15, -0.1) is 0 Å². The smallest absolute Gasteiger partial charge is 0.255 e. The molecule has 6 nitrogen and oxygen atoms in total. The van der Waals surface area contributed by atoms with Crippen LogP contribution in [-0.4, -0.2) is 46.8 Å². The third-order valence-electron chi connectivity index (χ3n) is 8.05. The highest BCUT2D eigenvalue weighted by atomic mass is 16.2. The van der Waals surface area contributed by atoms with Crippen LogP contribution in [0.4, 0.5) is 5.69 Å². The molecule has 2 aromatic carbocycles. The Morgan fingerprint density at radius 2 is 1.74 bits per heavy atom. The van der Waals surface area contributed by atoms with E-state index >= 15 is 0 Å². The second-order valence-corrected chi connectivity index (χ2v) is 10.5. The maximum Gasteiger partial charge on any atom is 0.255 e. The molecule has 3 atom stereocenters. The molecule has 1 aliphatic heterocycles. The summed E-state index contributed by atoms with van der Waals surface area (Å²) in [7, 11) is 0. The van der Waals surface area contributed by atoms with Gasteiger partial charge >= 0.3 is 0 Å². The van der Waals surface area contributed by atoms with Gasteiger partial charge in [0.15, 0.2) is 0 Å². The molecular formula is C29H34N4O2. The van der Waals surface area contributed by atoms with Crippen molar-refractivity contribution in [1.29, 1.82) is 5.26 Å². The topological polar surface area (TPSA) is 76.4 Å². The number of amides is 2. The van der Waals surface area contributed by atoms with Crippen molar-refractivity contribution in [3.05, 3.63) is 64.7 Å². The molecule has 0 bridgehead atoms. The molecule has 1 heterocycles. The zero-order chi connectivity index (χ0) is 24.5. The third-order valence-corrected chi connectivity index (χ3v) is 8.05. The molecule has 0 aromatic heterocycles. The quantitative estimate of drug-likeness (QED) is 0.689. The largest absolute Gasteiger partial charge is 0.334 e. The van der Waals surface area contributed by atoms with E-state index in [4.69, 9.17) is 5.26 Å². The molecule has 6 heteroatoms. The van der Waals surface area contributed by atoms with Gasteiger partial charge in [-0.3, -0.25) is 14.5 Å². The molecule has 1 unspecified atom stereocenters. The first-order chi connectivity index (χ1) is 16.9. The van der Waals surface area contributed by atoms with E-state index in [1.54, 1.807) is 24.3 Å². The molecule has 1 N–H and O–H groups in total. The minimum absolute atomic E-state index is 0.200. The second-order valence-electron chi connectivity index (χ2n) is 10.5. The molecule has 0 spiro atoms. The molecule has 3 aliphatic rings. The molecule has 35 heavy (non-hydrogen) atoms. The first kappa shape index (κ1) is 23.6. The highest BCUT2D eigenvalue weighted by Crippen LogP contribution is 2.39. The Bertz CT molecular complexity index is 1150. The number of benzene rings is 2. The molecular weight excluding hydrogens is 436 g/mol. The van der Waals surface area contributed by atoms with Gasteiger partial charge in [-0.25, -0.2) is 0 Å². The Kier molecular flexibility index (Phi) is 6.62. The molecule has 182 valence electrons. The summed E-state index contributed by atoms with van der Waals surface area (Å²) in [6.07, 6.45) is 6.55. The Labute approximate surface area is 207 Å². The first-order valence-corrected chi connectivity index (χ1v) is 12.9. The van der Waals surface area contributed by atoms with Crippen molar-refractivity contribution in [1.82, 2.24) is 9.80 Å². The maximum absolute atomic E-state index is 13.2. The van der Waals surface area contributed by atoms with E-state index in [2.05, 4.69) is 47.2 Å². The van der Waals surface area contributed by atoms with Crippen molar-refractivity contribution >= 4 is 17.5 Å². The number of hydrogen-bond acceptors (Lipinski definition) is 4. The fraction of sp³-hybridized carbons (Fsp3) is 0.483. The van der Waals surface area contributed by atoms with E-state index in [0.717, 1.165) is 44.5 Å². The lowest BCUT2D eigenvalue weighted by molar-refractivity contribution is -0.144. The van der Waals surface area contributed by atoms with Crippen LogP contribution >= 0.6 is 0 Å². The second kappa shape index (κ2) is 9.83. The minimum Gasteiger partial charge on any atom is -0.334 e. The van der Waals surface area contributed by atoms with E-state index in [9.17, 15) is 9.59 Å². The summed E-state index contributed by atoms with van der Waals surface area (Å²) in [5, 5.41) is 12.1. The van der Waals surface area contributed by atoms with Gasteiger partial charge in [0.05, 0.1) is 11.6 Å². The molecule has 2 amide bonds. The van der Waals surface area contributed by atoms with Crippen LogP contribution in [0, 0.1) is 17.2 Å². The number of piperazine rings is 1. The number of nitrogens with zero attached hydrogens (tertiary/aromatic N) is 3. The summed E-state index contributed by atoms with van der Waals surface area (Å²) in [4.78, 5) is 30.7. The number of anilines is 1. The lowest BCUT2D eigenvalue weighted by atomic mass is 9.98. The van der Waals surface area contributed by atoms with Crippen molar-refractivity contribution in [3.8, 4) is 6.07 Å². The number of rotatable bonds is 4. The van der Waals surface area contributed by atoms with Gasteiger partial charge in [0.25, 0.3) is 5.91 Å². The van der Waals surface area contributed by atoms with Gasteiger partial charge in [-0.1, -0.05) is 25.0 Å². The summed E-state index contributed by atoms with van der Waals surface area (Å²) in [5.74, 6) is 0.371. The van der Waals surface area contributed by atoms with Crippen molar-refractivity contribution < 1.29 is 9.59 Å². The van der Waals surface area contributed by atoms with Crippen molar-refractivity contribution in [2.24, 2.45) is 5.92 Å². The number of carbonyl (C=O) groups excluding carboxylic acids is 2. The van der Waals surface area contributed by atoms with Crippen LogP contribution in [-0.2, 0) is 11.2 Å². The number of hydrogen-bond donors (Lipinski definition) is 1. The molecule has 0 radical (unpaired) electrons. The number of carbonyl (C=O) groups is 2. The molecule has 1 saturated carbocycles. The Morgan fingerprint density at radius 3 is 2.46 bits per heavy atom. The van der Waals surface area contributed by atoms with Crippen LogP contribution < -0.4 is 5.32 Å². The lowest BCUT2D eigenvalue weighted by Crippen LogP contribution is -2.60. The van der Waals surface area contributed by atoms with E-state index in [1.807, 2.05) is 6.07 Å².